The minimum Gasteiger partial charge on any atom is -0.207 e. The van der Waals surface area contributed by atoms with Gasteiger partial charge in [0.05, 0.1) is 10.0 Å². The zero-order chi connectivity index (χ0) is 10.2. The van der Waals surface area contributed by atoms with Gasteiger partial charge in [-0.3, -0.25) is 0 Å². The Kier molecular flexibility index (Phi) is 3.59. The Labute approximate surface area is 99.5 Å². The summed E-state index contributed by atoms with van der Waals surface area (Å²) in [7, 11) is 0. The maximum Gasteiger partial charge on any atom is 0.217 e. The van der Waals surface area contributed by atoms with E-state index in [-0.39, 0.29) is 15.6 Å². The van der Waals surface area contributed by atoms with E-state index in [1.165, 1.54) is 0 Å². The fourth-order valence-electron chi connectivity index (χ4n) is 0.762. The van der Waals surface area contributed by atoms with E-state index in [0.717, 1.165) is 12.1 Å². The molecule has 0 bridgehead atoms. The van der Waals surface area contributed by atoms with Crippen LogP contribution in [-0.4, -0.2) is 0 Å². The predicted molar refractivity (Wildman–Crippen MR) is 55.7 cm³/mol. The molecule has 0 N–H and O–H groups in total. The minimum atomic E-state index is -1.77. The van der Waals surface area contributed by atoms with E-state index in [4.69, 9.17) is 58.0 Å². The number of hydrogen-bond acceptors (Lipinski definition) is 0. The average molecular weight is 282 g/mol. The van der Waals surface area contributed by atoms with E-state index in [2.05, 4.69) is 0 Å². The molecule has 0 aliphatic rings. The molecule has 0 aliphatic carbocycles. The molecule has 0 heterocycles. The molecule has 1 rings (SSSR count). The Morgan fingerprint density at radius 1 is 1.08 bits per heavy atom. The molecule has 0 radical (unpaired) electrons. The van der Waals surface area contributed by atoms with Crippen molar-refractivity contribution in [2.24, 2.45) is 0 Å². The van der Waals surface area contributed by atoms with Crippen molar-refractivity contribution in [2.75, 3.05) is 0 Å². The van der Waals surface area contributed by atoms with Crippen molar-refractivity contribution in [3.05, 3.63) is 33.6 Å². The highest BCUT2D eigenvalue weighted by Gasteiger charge is 2.27. The zero-order valence-electron chi connectivity index (χ0n) is 5.92. The number of alkyl halides is 3. The molecule has 0 saturated heterocycles. The molecule has 0 spiro atoms. The van der Waals surface area contributed by atoms with Gasteiger partial charge in [-0.1, -0.05) is 58.0 Å². The van der Waals surface area contributed by atoms with Crippen molar-refractivity contribution < 1.29 is 4.39 Å². The average Bonchev–Trinajstić information content (AvgIpc) is 1.94. The first-order valence-corrected chi connectivity index (χ1v) is 4.93. The molecule has 72 valence electrons. The maximum atomic E-state index is 12.8. The first-order chi connectivity index (χ1) is 5.82. The number of benzene rings is 1. The van der Waals surface area contributed by atoms with Gasteiger partial charge in [-0.05, 0) is 12.1 Å². The van der Waals surface area contributed by atoms with Crippen LogP contribution < -0.4 is 0 Å². The second-order valence-electron chi connectivity index (χ2n) is 2.25. The Bertz CT molecular complexity index is 330. The Balaban J connectivity index is 3.37. The largest absolute Gasteiger partial charge is 0.217 e. The highest BCUT2D eigenvalue weighted by Crippen LogP contribution is 2.44. The van der Waals surface area contributed by atoms with Gasteiger partial charge in [-0.2, -0.15) is 0 Å². The molecule has 13 heavy (non-hydrogen) atoms. The van der Waals surface area contributed by atoms with Crippen LogP contribution in [0.2, 0.25) is 10.0 Å². The van der Waals surface area contributed by atoms with Crippen molar-refractivity contribution in [1.82, 2.24) is 0 Å². The fourth-order valence-corrected chi connectivity index (χ4v) is 1.81. The van der Waals surface area contributed by atoms with Crippen LogP contribution in [0.1, 0.15) is 5.56 Å². The molecule has 0 aromatic heterocycles. The van der Waals surface area contributed by atoms with Crippen molar-refractivity contribution in [3.63, 3.8) is 0 Å². The number of rotatable bonds is 0. The summed E-state index contributed by atoms with van der Waals surface area (Å²) in [6, 6.07) is 2.07. The first kappa shape index (κ1) is 11.7. The van der Waals surface area contributed by atoms with Crippen molar-refractivity contribution in [2.45, 2.75) is 3.79 Å². The number of hydrogen-bond donors (Lipinski definition) is 0. The van der Waals surface area contributed by atoms with Crippen LogP contribution >= 0.6 is 58.0 Å². The van der Waals surface area contributed by atoms with Gasteiger partial charge in [0.25, 0.3) is 0 Å². The molecule has 1 aromatic carbocycles. The Hall–Kier alpha value is 0.600. The first-order valence-electron chi connectivity index (χ1n) is 3.04. The quantitative estimate of drug-likeness (QED) is 0.466. The molecular formula is C7H2Cl5F. The lowest BCUT2D eigenvalue weighted by Crippen LogP contribution is -2.02. The SMILES string of the molecule is Fc1cc(Cl)c(Cl)c(C(Cl)(Cl)Cl)c1. The Morgan fingerprint density at radius 2 is 1.62 bits per heavy atom. The molecule has 6 heteroatoms. The smallest absolute Gasteiger partial charge is 0.207 e. The van der Waals surface area contributed by atoms with Crippen LogP contribution in [-0.2, 0) is 3.79 Å². The van der Waals surface area contributed by atoms with E-state index in [1.807, 2.05) is 0 Å². The third kappa shape index (κ3) is 2.77. The van der Waals surface area contributed by atoms with Gasteiger partial charge < -0.3 is 0 Å². The van der Waals surface area contributed by atoms with E-state index in [1.54, 1.807) is 0 Å². The Morgan fingerprint density at radius 3 is 2.08 bits per heavy atom. The van der Waals surface area contributed by atoms with Gasteiger partial charge in [0.15, 0.2) is 0 Å². The van der Waals surface area contributed by atoms with E-state index < -0.39 is 9.61 Å². The fraction of sp³-hybridized carbons (Fsp3) is 0.143. The van der Waals surface area contributed by atoms with Gasteiger partial charge in [0.2, 0.25) is 3.79 Å². The lowest BCUT2D eigenvalue weighted by Gasteiger charge is -2.13. The summed E-state index contributed by atoms with van der Waals surface area (Å²) < 4.78 is 11.0. The van der Waals surface area contributed by atoms with Crippen molar-refractivity contribution >= 4 is 58.0 Å². The van der Waals surface area contributed by atoms with Crippen LogP contribution in [0.15, 0.2) is 12.1 Å². The van der Waals surface area contributed by atoms with E-state index in [0.29, 0.717) is 0 Å². The van der Waals surface area contributed by atoms with Crippen LogP contribution in [0.3, 0.4) is 0 Å². The summed E-state index contributed by atoms with van der Waals surface area (Å²) in [5.74, 6) is -0.601. The zero-order valence-corrected chi connectivity index (χ0v) is 9.70. The highest BCUT2D eigenvalue weighted by atomic mass is 35.6. The van der Waals surface area contributed by atoms with Crippen LogP contribution in [0.4, 0.5) is 4.39 Å². The summed E-state index contributed by atoms with van der Waals surface area (Å²) >= 11 is 27.9. The molecule has 0 saturated carbocycles. The molecule has 0 nitrogen and oxygen atoms in total. The monoisotopic (exact) mass is 280 g/mol. The third-order valence-electron chi connectivity index (χ3n) is 1.30. The molecule has 0 fully saturated rings. The van der Waals surface area contributed by atoms with Gasteiger partial charge >= 0.3 is 0 Å². The highest BCUT2D eigenvalue weighted by molar-refractivity contribution is 6.67. The second-order valence-corrected chi connectivity index (χ2v) is 5.31. The molecule has 0 amide bonds. The van der Waals surface area contributed by atoms with Gasteiger partial charge in [0.1, 0.15) is 5.82 Å². The molecule has 1 aromatic rings. The van der Waals surface area contributed by atoms with Crippen LogP contribution in [0.25, 0.3) is 0 Å². The topological polar surface area (TPSA) is 0 Å². The van der Waals surface area contributed by atoms with Crippen molar-refractivity contribution in [1.29, 1.82) is 0 Å². The van der Waals surface area contributed by atoms with Crippen LogP contribution in [0.5, 0.6) is 0 Å². The summed E-state index contributed by atoms with van der Waals surface area (Å²) in [5.41, 5.74) is 0.0316. The van der Waals surface area contributed by atoms with E-state index >= 15 is 0 Å². The summed E-state index contributed by atoms with van der Waals surface area (Å²) in [4.78, 5) is 0. The summed E-state index contributed by atoms with van der Waals surface area (Å²) in [5, 5.41) is 0.0612. The third-order valence-corrected chi connectivity index (χ3v) is 2.71. The molecular weight excluding hydrogens is 280 g/mol. The van der Waals surface area contributed by atoms with Gasteiger partial charge in [-0.15, -0.1) is 0 Å². The van der Waals surface area contributed by atoms with E-state index in [9.17, 15) is 4.39 Å². The molecule has 0 aliphatic heterocycles. The van der Waals surface area contributed by atoms with Gasteiger partial charge in [-0.25, -0.2) is 4.39 Å². The number of halogens is 6. The van der Waals surface area contributed by atoms with Gasteiger partial charge in [0, 0.05) is 5.56 Å². The normalized spacial score (nSPS) is 11.8. The summed E-state index contributed by atoms with van der Waals surface area (Å²) in [6.45, 7) is 0. The molecule has 0 atom stereocenters. The predicted octanol–water partition coefficient (Wildman–Crippen LogP) is 4.96. The second kappa shape index (κ2) is 4.00. The maximum absolute atomic E-state index is 12.8. The lowest BCUT2D eigenvalue weighted by atomic mass is 10.2. The minimum absolute atomic E-state index is 0.0167. The molecule has 0 unspecified atom stereocenters. The van der Waals surface area contributed by atoms with Crippen LogP contribution in [0, 0.1) is 5.82 Å². The lowest BCUT2D eigenvalue weighted by molar-refractivity contribution is 0.626. The van der Waals surface area contributed by atoms with Crippen molar-refractivity contribution in [3.8, 4) is 0 Å². The standard InChI is InChI=1S/C7H2Cl5F/c8-5-2-3(13)1-4(6(5)9)7(10,11)12/h1-2H. The summed E-state index contributed by atoms with van der Waals surface area (Å²) in [6.07, 6.45) is 0.